The van der Waals surface area contributed by atoms with E-state index in [1.165, 1.54) is 0 Å². The third-order valence-corrected chi connectivity index (χ3v) is 1.25. The quantitative estimate of drug-likeness (QED) is 0.428. The molecular weight excluding hydrogens is 126 g/mol. The molecule has 0 radical (unpaired) electrons. The van der Waals surface area contributed by atoms with Crippen LogP contribution in [0.4, 0.5) is 0 Å². The minimum atomic E-state index is 0.246. The first-order valence-corrected chi connectivity index (χ1v) is 3.59. The summed E-state index contributed by atoms with van der Waals surface area (Å²) in [6.07, 6.45) is 6.65. The molecule has 10 heavy (non-hydrogen) atoms. The maximum absolute atomic E-state index is 8.43. The molecule has 0 amide bonds. The third-order valence-electron chi connectivity index (χ3n) is 1.25. The SMILES string of the molecule is C#CCC(C)NCCCO. The van der Waals surface area contributed by atoms with Gasteiger partial charge in [0, 0.05) is 19.1 Å². The average Bonchev–Trinajstić information content (AvgIpc) is 1.89. The number of nitrogens with one attached hydrogen (secondary N) is 1. The van der Waals surface area contributed by atoms with E-state index in [2.05, 4.69) is 11.2 Å². The van der Waals surface area contributed by atoms with Crippen LogP contribution >= 0.6 is 0 Å². The van der Waals surface area contributed by atoms with E-state index in [9.17, 15) is 0 Å². The summed E-state index contributed by atoms with van der Waals surface area (Å²) in [5, 5.41) is 11.6. The summed E-state index contributed by atoms with van der Waals surface area (Å²) < 4.78 is 0. The van der Waals surface area contributed by atoms with Crippen molar-refractivity contribution in [3.8, 4) is 12.3 Å². The average molecular weight is 141 g/mol. The molecule has 2 heteroatoms. The van der Waals surface area contributed by atoms with Crippen molar-refractivity contribution in [3.05, 3.63) is 0 Å². The summed E-state index contributed by atoms with van der Waals surface area (Å²) >= 11 is 0. The first kappa shape index (κ1) is 9.48. The number of hydrogen-bond acceptors (Lipinski definition) is 2. The number of terminal acetylenes is 1. The van der Waals surface area contributed by atoms with Crippen molar-refractivity contribution in [1.29, 1.82) is 0 Å². The molecular formula is C8H15NO. The molecule has 0 aliphatic heterocycles. The monoisotopic (exact) mass is 141 g/mol. The first-order valence-electron chi connectivity index (χ1n) is 3.59. The Balaban J connectivity index is 3.06. The van der Waals surface area contributed by atoms with Crippen molar-refractivity contribution < 1.29 is 5.11 Å². The van der Waals surface area contributed by atoms with Crippen molar-refractivity contribution in [1.82, 2.24) is 5.32 Å². The number of aliphatic hydroxyl groups is 1. The summed E-state index contributed by atoms with van der Waals surface area (Å²) in [6.45, 7) is 3.13. The van der Waals surface area contributed by atoms with Gasteiger partial charge in [0.25, 0.3) is 0 Å². The predicted octanol–water partition coefficient (Wildman–Crippen LogP) is 0.370. The normalized spacial score (nSPS) is 12.5. The number of hydrogen-bond donors (Lipinski definition) is 2. The van der Waals surface area contributed by atoms with Crippen LogP contribution in [-0.4, -0.2) is 24.3 Å². The second-order valence-electron chi connectivity index (χ2n) is 2.34. The van der Waals surface area contributed by atoms with Gasteiger partial charge in [0.1, 0.15) is 0 Å². The Kier molecular flexibility index (Phi) is 6.25. The van der Waals surface area contributed by atoms with Gasteiger partial charge in [-0.2, -0.15) is 0 Å². The van der Waals surface area contributed by atoms with Gasteiger partial charge in [-0.3, -0.25) is 0 Å². The Hall–Kier alpha value is -0.520. The van der Waals surface area contributed by atoms with Gasteiger partial charge in [-0.15, -0.1) is 12.3 Å². The molecule has 0 aromatic rings. The van der Waals surface area contributed by atoms with E-state index in [-0.39, 0.29) is 6.61 Å². The van der Waals surface area contributed by atoms with Crippen LogP contribution in [0.3, 0.4) is 0 Å². The van der Waals surface area contributed by atoms with Crippen LogP contribution < -0.4 is 5.32 Å². The third kappa shape index (κ3) is 5.61. The molecule has 0 saturated heterocycles. The van der Waals surface area contributed by atoms with Gasteiger partial charge >= 0.3 is 0 Å². The van der Waals surface area contributed by atoms with Gasteiger partial charge in [0.2, 0.25) is 0 Å². The predicted molar refractivity (Wildman–Crippen MR) is 42.6 cm³/mol. The molecule has 0 aliphatic rings. The van der Waals surface area contributed by atoms with Gasteiger partial charge in [0.15, 0.2) is 0 Å². The fraction of sp³-hybridized carbons (Fsp3) is 0.750. The van der Waals surface area contributed by atoms with Gasteiger partial charge in [-0.05, 0) is 19.9 Å². The minimum Gasteiger partial charge on any atom is -0.396 e. The smallest absolute Gasteiger partial charge is 0.0443 e. The molecule has 0 spiro atoms. The Morgan fingerprint density at radius 1 is 1.70 bits per heavy atom. The van der Waals surface area contributed by atoms with Gasteiger partial charge in [0.05, 0.1) is 0 Å². The van der Waals surface area contributed by atoms with Crippen molar-refractivity contribution >= 4 is 0 Å². The summed E-state index contributed by atoms with van der Waals surface area (Å²) in [4.78, 5) is 0. The zero-order valence-corrected chi connectivity index (χ0v) is 6.43. The molecule has 0 saturated carbocycles. The lowest BCUT2D eigenvalue weighted by Gasteiger charge is -2.08. The highest BCUT2D eigenvalue weighted by atomic mass is 16.3. The molecule has 1 atom stereocenters. The Labute approximate surface area is 62.6 Å². The molecule has 0 aliphatic carbocycles. The van der Waals surface area contributed by atoms with Crippen LogP contribution in [0.5, 0.6) is 0 Å². The summed E-state index contributed by atoms with van der Waals surface area (Å²) in [6, 6.07) is 0.372. The molecule has 2 nitrogen and oxygen atoms in total. The van der Waals surface area contributed by atoms with E-state index in [0.717, 1.165) is 19.4 Å². The maximum Gasteiger partial charge on any atom is 0.0443 e. The van der Waals surface area contributed by atoms with Crippen molar-refractivity contribution in [2.24, 2.45) is 0 Å². The second kappa shape index (κ2) is 6.60. The zero-order valence-electron chi connectivity index (χ0n) is 6.43. The van der Waals surface area contributed by atoms with Crippen LogP contribution in [0.1, 0.15) is 19.8 Å². The van der Waals surface area contributed by atoms with E-state index in [1.54, 1.807) is 0 Å². The van der Waals surface area contributed by atoms with E-state index < -0.39 is 0 Å². The molecule has 0 rings (SSSR count). The highest BCUT2D eigenvalue weighted by molar-refractivity contribution is 4.87. The molecule has 2 N–H and O–H groups in total. The molecule has 58 valence electrons. The van der Waals surface area contributed by atoms with Crippen molar-refractivity contribution in [3.63, 3.8) is 0 Å². The van der Waals surface area contributed by atoms with Gasteiger partial charge in [-0.1, -0.05) is 0 Å². The first-order chi connectivity index (χ1) is 4.81. The fourth-order valence-electron chi connectivity index (χ4n) is 0.676. The molecule has 0 bridgehead atoms. The van der Waals surface area contributed by atoms with Crippen molar-refractivity contribution in [2.75, 3.05) is 13.2 Å². The van der Waals surface area contributed by atoms with Crippen LogP contribution in [-0.2, 0) is 0 Å². The van der Waals surface area contributed by atoms with Gasteiger partial charge in [-0.25, -0.2) is 0 Å². The van der Waals surface area contributed by atoms with E-state index in [1.807, 2.05) is 6.92 Å². The highest BCUT2D eigenvalue weighted by Crippen LogP contribution is 1.86. The lowest BCUT2D eigenvalue weighted by Crippen LogP contribution is -2.26. The van der Waals surface area contributed by atoms with E-state index in [4.69, 9.17) is 11.5 Å². The molecule has 1 unspecified atom stereocenters. The summed E-state index contributed by atoms with van der Waals surface area (Å²) in [5.74, 6) is 2.57. The minimum absolute atomic E-state index is 0.246. The topological polar surface area (TPSA) is 32.3 Å². The number of rotatable bonds is 5. The molecule has 0 aromatic carbocycles. The highest BCUT2D eigenvalue weighted by Gasteiger charge is 1.95. The summed E-state index contributed by atoms with van der Waals surface area (Å²) in [7, 11) is 0. The van der Waals surface area contributed by atoms with Crippen LogP contribution in [0.15, 0.2) is 0 Å². The van der Waals surface area contributed by atoms with Crippen LogP contribution in [0.2, 0.25) is 0 Å². The Morgan fingerprint density at radius 3 is 2.90 bits per heavy atom. The largest absolute Gasteiger partial charge is 0.396 e. The summed E-state index contributed by atoms with van der Waals surface area (Å²) in [5.41, 5.74) is 0. The standard InChI is InChI=1S/C8H15NO/c1-3-5-8(2)9-6-4-7-10/h1,8-10H,4-7H2,2H3. The van der Waals surface area contributed by atoms with Gasteiger partial charge < -0.3 is 10.4 Å². The molecule has 0 fully saturated rings. The lowest BCUT2D eigenvalue weighted by atomic mass is 10.2. The van der Waals surface area contributed by atoms with Crippen LogP contribution in [0, 0.1) is 12.3 Å². The Bertz CT molecular complexity index is 106. The fourth-order valence-corrected chi connectivity index (χ4v) is 0.676. The lowest BCUT2D eigenvalue weighted by molar-refractivity contribution is 0.284. The maximum atomic E-state index is 8.43. The molecule has 0 heterocycles. The molecule has 0 aromatic heterocycles. The van der Waals surface area contributed by atoms with Crippen molar-refractivity contribution in [2.45, 2.75) is 25.8 Å². The number of aliphatic hydroxyl groups excluding tert-OH is 1. The van der Waals surface area contributed by atoms with Crippen LogP contribution in [0.25, 0.3) is 0 Å². The Morgan fingerprint density at radius 2 is 2.40 bits per heavy atom. The second-order valence-corrected chi connectivity index (χ2v) is 2.34. The van der Waals surface area contributed by atoms with E-state index in [0.29, 0.717) is 6.04 Å². The zero-order chi connectivity index (χ0) is 7.82. The van der Waals surface area contributed by atoms with E-state index >= 15 is 0 Å².